The van der Waals surface area contributed by atoms with Crippen LogP contribution in [-0.2, 0) is 4.74 Å². The molecule has 1 atom stereocenters. The molecule has 27 heavy (non-hydrogen) atoms. The zero-order chi connectivity index (χ0) is 18.8. The standard InChI is InChI=1S/C19H21N5O3/c1-11-16(17(25)20-10-13-6-5-9-26-13)12(2)22-18(21-11)24-19-23-14-7-3-4-8-15(14)27-19/h3-4,7-8,13H,5-6,9-10H2,1-2H3,(H,20,25)(H,21,22,23,24). The number of carbonyl (C=O) groups is 1. The lowest BCUT2D eigenvalue weighted by molar-refractivity contribution is 0.0856. The van der Waals surface area contributed by atoms with E-state index >= 15 is 0 Å². The summed E-state index contributed by atoms with van der Waals surface area (Å²) >= 11 is 0. The van der Waals surface area contributed by atoms with Crippen LogP contribution in [0.1, 0.15) is 34.6 Å². The van der Waals surface area contributed by atoms with Crippen molar-refractivity contribution in [1.82, 2.24) is 20.3 Å². The van der Waals surface area contributed by atoms with Crippen LogP contribution >= 0.6 is 0 Å². The van der Waals surface area contributed by atoms with Gasteiger partial charge in [-0.15, -0.1) is 0 Å². The molecule has 1 aliphatic heterocycles. The van der Waals surface area contributed by atoms with Crippen molar-refractivity contribution in [2.24, 2.45) is 0 Å². The third-order valence-electron chi connectivity index (χ3n) is 4.52. The zero-order valence-electron chi connectivity index (χ0n) is 15.3. The molecule has 0 bridgehead atoms. The predicted molar refractivity (Wildman–Crippen MR) is 100 cm³/mol. The minimum absolute atomic E-state index is 0.0931. The number of nitrogens with zero attached hydrogens (tertiary/aromatic N) is 3. The predicted octanol–water partition coefficient (Wildman–Crippen LogP) is 2.89. The van der Waals surface area contributed by atoms with Crippen molar-refractivity contribution < 1.29 is 13.9 Å². The van der Waals surface area contributed by atoms with Gasteiger partial charge in [-0.2, -0.15) is 4.98 Å². The first-order valence-electron chi connectivity index (χ1n) is 8.98. The van der Waals surface area contributed by atoms with Gasteiger partial charge in [0.05, 0.1) is 23.1 Å². The van der Waals surface area contributed by atoms with E-state index in [0.29, 0.717) is 41.0 Å². The summed E-state index contributed by atoms with van der Waals surface area (Å²) in [5.74, 6) is 0.154. The maximum atomic E-state index is 12.5. The van der Waals surface area contributed by atoms with Crippen molar-refractivity contribution >= 4 is 29.0 Å². The van der Waals surface area contributed by atoms with Crippen molar-refractivity contribution in [3.05, 3.63) is 41.2 Å². The average molecular weight is 367 g/mol. The molecule has 8 nitrogen and oxygen atoms in total. The highest BCUT2D eigenvalue weighted by Crippen LogP contribution is 2.21. The molecule has 0 saturated carbocycles. The smallest absolute Gasteiger partial charge is 0.302 e. The number of hydrogen-bond donors (Lipinski definition) is 2. The van der Waals surface area contributed by atoms with E-state index < -0.39 is 0 Å². The molecular weight excluding hydrogens is 346 g/mol. The first-order valence-corrected chi connectivity index (χ1v) is 8.98. The van der Waals surface area contributed by atoms with E-state index in [1.807, 2.05) is 24.3 Å². The first kappa shape index (κ1) is 17.4. The fourth-order valence-electron chi connectivity index (χ4n) is 3.22. The van der Waals surface area contributed by atoms with Gasteiger partial charge in [-0.3, -0.25) is 10.1 Å². The number of ether oxygens (including phenoxy) is 1. The molecule has 1 aromatic carbocycles. The van der Waals surface area contributed by atoms with Crippen molar-refractivity contribution in [2.45, 2.75) is 32.8 Å². The molecule has 0 radical (unpaired) electrons. The third-order valence-corrected chi connectivity index (χ3v) is 4.52. The maximum Gasteiger partial charge on any atom is 0.302 e. The van der Waals surface area contributed by atoms with Gasteiger partial charge in [-0.25, -0.2) is 9.97 Å². The van der Waals surface area contributed by atoms with Crippen molar-refractivity contribution in [3.8, 4) is 0 Å². The van der Waals surface area contributed by atoms with Crippen LogP contribution in [0.25, 0.3) is 11.1 Å². The lowest BCUT2D eigenvalue weighted by Gasteiger charge is -2.13. The SMILES string of the molecule is Cc1nc(Nc2nc3ccccc3o2)nc(C)c1C(=O)NCC1CCCO1. The minimum Gasteiger partial charge on any atom is -0.423 e. The van der Waals surface area contributed by atoms with E-state index in [1.54, 1.807) is 13.8 Å². The summed E-state index contributed by atoms with van der Waals surface area (Å²) in [6.45, 7) is 4.83. The average Bonchev–Trinajstić information content (AvgIpc) is 3.28. The second kappa shape index (κ2) is 7.32. The Bertz CT molecular complexity index is 922. The molecule has 1 unspecified atom stereocenters. The maximum absolute atomic E-state index is 12.5. The Morgan fingerprint density at radius 1 is 1.19 bits per heavy atom. The normalized spacial score (nSPS) is 16.6. The van der Waals surface area contributed by atoms with Crippen LogP contribution in [0.4, 0.5) is 12.0 Å². The molecule has 4 rings (SSSR count). The van der Waals surface area contributed by atoms with E-state index in [1.165, 1.54) is 0 Å². The van der Waals surface area contributed by atoms with Gasteiger partial charge in [0.1, 0.15) is 5.52 Å². The Morgan fingerprint density at radius 3 is 2.67 bits per heavy atom. The summed E-state index contributed by atoms with van der Waals surface area (Å²) < 4.78 is 11.2. The Hall–Kier alpha value is -3.00. The van der Waals surface area contributed by atoms with Crippen LogP contribution in [0, 0.1) is 13.8 Å². The number of para-hydroxylation sites is 2. The summed E-state index contributed by atoms with van der Waals surface area (Å²) in [7, 11) is 0. The van der Waals surface area contributed by atoms with Crippen molar-refractivity contribution in [3.63, 3.8) is 0 Å². The first-order chi connectivity index (χ1) is 13.1. The number of carbonyl (C=O) groups excluding carboxylic acids is 1. The van der Waals surface area contributed by atoms with Gasteiger partial charge in [-0.05, 0) is 38.8 Å². The van der Waals surface area contributed by atoms with Crippen LogP contribution in [0.3, 0.4) is 0 Å². The molecule has 3 aromatic rings. The highest BCUT2D eigenvalue weighted by atomic mass is 16.5. The number of aromatic nitrogens is 3. The van der Waals surface area contributed by atoms with E-state index in [2.05, 4.69) is 25.6 Å². The second-order valence-corrected chi connectivity index (χ2v) is 6.55. The number of benzene rings is 1. The Kier molecular flexibility index (Phi) is 4.72. The molecule has 2 N–H and O–H groups in total. The largest absolute Gasteiger partial charge is 0.423 e. The fraction of sp³-hybridized carbons (Fsp3) is 0.368. The Labute approximate surface area is 156 Å². The van der Waals surface area contributed by atoms with Crippen LogP contribution in [0.5, 0.6) is 0 Å². The Morgan fingerprint density at radius 2 is 1.96 bits per heavy atom. The number of amides is 1. The number of nitrogens with one attached hydrogen (secondary N) is 2. The highest BCUT2D eigenvalue weighted by Gasteiger charge is 2.20. The van der Waals surface area contributed by atoms with Gasteiger partial charge >= 0.3 is 6.01 Å². The van der Waals surface area contributed by atoms with E-state index in [0.717, 1.165) is 25.0 Å². The molecule has 8 heteroatoms. The van der Waals surface area contributed by atoms with Crippen molar-refractivity contribution in [1.29, 1.82) is 0 Å². The monoisotopic (exact) mass is 367 g/mol. The number of anilines is 2. The van der Waals surface area contributed by atoms with E-state index in [9.17, 15) is 4.79 Å². The molecule has 0 spiro atoms. The molecule has 140 valence electrons. The molecule has 1 fully saturated rings. The quantitative estimate of drug-likeness (QED) is 0.715. The topological polar surface area (TPSA) is 102 Å². The number of rotatable bonds is 5. The number of hydrogen-bond acceptors (Lipinski definition) is 7. The summed E-state index contributed by atoms with van der Waals surface area (Å²) in [5, 5.41) is 5.88. The summed E-state index contributed by atoms with van der Waals surface area (Å²) in [5.41, 5.74) is 3.09. The Balaban J connectivity index is 1.49. The van der Waals surface area contributed by atoms with Gasteiger partial charge in [0.15, 0.2) is 5.58 Å². The van der Waals surface area contributed by atoms with Gasteiger partial charge in [-0.1, -0.05) is 12.1 Å². The number of fused-ring (bicyclic) bond motifs is 1. The molecular formula is C19H21N5O3. The molecule has 1 saturated heterocycles. The van der Waals surface area contributed by atoms with Crippen LogP contribution in [0.15, 0.2) is 28.7 Å². The fourth-order valence-corrected chi connectivity index (χ4v) is 3.22. The van der Waals surface area contributed by atoms with Crippen molar-refractivity contribution in [2.75, 3.05) is 18.5 Å². The lowest BCUT2D eigenvalue weighted by atomic mass is 10.1. The number of oxazole rings is 1. The van der Waals surface area contributed by atoms with Gasteiger partial charge in [0.2, 0.25) is 5.95 Å². The van der Waals surface area contributed by atoms with Crippen LogP contribution < -0.4 is 10.6 Å². The third kappa shape index (κ3) is 3.75. The lowest BCUT2D eigenvalue weighted by Crippen LogP contribution is -2.33. The van der Waals surface area contributed by atoms with E-state index in [-0.39, 0.29) is 12.0 Å². The molecule has 3 heterocycles. The van der Waals surface area contributed by atoms with E-state index in [4.69, 9.17) is 9.15 Å². The summed E-state index contributed by atoms with van der Waals surface area (Å²) in [6.07, 6.45) is 2.11. The zero-order valence-corrected chi connectivity index (χ0v) is 15.3. The second-order valence-electron chi connectivity index (χ2n) is 6.55. The van der Waals surface area contributed by atoms with Gasteiger partial charge < -0.3 is 14.5 Å². The van der Waals surface area contributed by atoms with Crippen LogP contribution in [-0.4, -0.2) is 40.1 Å². The summed E-state index contributed by atoms with van der Waals surface area (Å²) in [6, 6.07) is 7.79. The molecule has 1 amide bonds. The number of aryl methyl sites for hydroxylation is 2. The van der Waals surface area contributed by atoms with Gasteiger partial charge in [0.25, 0.3) is 5.91 Å². The minimum atomic E-state index is -0.186. The summed E-state index contributed by atoms with van der Waals surface area (Å²) in [4.78, 5) is 25.7. The van der Waals surface area contributed by atoms with Gasteiger partial charge in [0, 0.05) is 13.2 Å². The molecule has 1 aliphatic rings. The molecule has 0 aliphatic carbocycles. The highest BCUT2D eigenvalue weighted by molar-refractivity contribution is 5.96. The van der Waals surface area contributed by atoms with Crippen LogP contribution in [0.2, 0.25) is 0 Å². The molecule has 2 aromatic heterocycles.